The Bertz CT molecular complexity index is 724. The first-order chi connectivity index (χ1) is 11.1. The molecule has 0 bridgehead atoms. The maximum Gasteiger partial charge on any atom is 0.275 e. The van der Waals surface area contributed by atoms with E-state index in [9.17, 15) is 4.79 Å². The maximum absolute atomic E-state index is 12.3. The van der Waals surface area contributed by atoms with Crippen LogP contribution in [0.15, 0.2) is 66.3 Å². The minimum atomic E-state index is -0.335. The molecule has 0 spiro atoms. The number of benzene rings is 2. The minimum Gasteiger partial charge on any atom is -0.489 e. The van der Waals surface area contributed by atoms with Gasteiger partial charge in [0.25, 0.3) is 5.91 Å². The summed E-state index contributed by atoms with van der Waals surface area (Å²) >= 11 is 5.85. The molecule has 0 saturated heterocycles. The monoisotopic (exact) mass is 328 g/mol. The quantitative estimate of drug-likeness (QED) is 0.494. The molecule has 2 aromatic rings. The summed E-state index contributed by atoms with van der Waals surface area (Å²) in [4.78, 5) is 12.3. The van der Waals surface area contributed by atoms with Crippen LogP contribution in [0.5, 0.6) is 5.75 Å². The zero-order chi connectivity index (χ0) is 16.7. The molecule has 0 aliphatic carbocycles. The van der Waals surface area contributed by atoms with E-state index in [2.05, 4.69) is 17.1 Å². The van der Waals surface area contributed by atoms with Crippen LogP contribution in [0.25, 0.3) is 0 Å². The third-order valence-electron chi connectivity index (χ3n) is 3.08. The highest BCUT2D eigenvalue weighted by Crippen LogP contribution is 2.18. The van der Waals surface area contributed by atoms with E-state index in [-0.39, 0.29) is 5.91 Å². The van der Waals surface area contributed by atoms with E-state index >= 15 is 0 Å². The lowest BCUT2D eigenvalue weighted by molar-refractivity contribution is 0.0951. The molecule has 23 heavy (non-hydrogen) atoms. The van der Waals surface area contributed by atoms with Gasteiger partial charge in [0.1, 0.15) is 12.4 Å². The molecule has 0 aliphatic heterocycles. The molecule has 118 valence electrons. The van der Waals surface area contributed by atoms with Gasteiger partial charge >= 0.3 is 0 Å². The standard InChI is InChI=1S/C18H17ClN2O2/c1-3-12-23-17-7-5-4-6-16(17)18(22)21-20-13(2)14-8-10-15(19)11-9-14/h3-11H,1,12H2,2H3,(H,21,22)/b20-13+. The van der Waals surface area contributed by atoms with Crippen molar-refractivity contribution >= 4 is 23.2 Å². The van der Waals surface area contributed by atoms with Crippen LogP contribution in [0.4, 0.5) is 0 Å². The van der Waals surface area contributed by atoms with Crippen LogP contribution in [-0.4, -0.2) is 18.2 Å². The van der Waals surface area contributed by atoms with Gasteiger partial charge < -0.3 is 4.74 Å². The number of hydrogen-bond donors (Lipinski definition) is 1. The van der Waals surface area contributed by atoms with Crippen LogP contribution >= 0.6 is 11.6 Å². The molecule has 0 radical (unpaired) electrons. The number of nitrogens with zero attached hydrogens (tertiary/aromatic N) is 1. The highest BCUT2D eigenvalue weighted by molar-refractivity contribution is 6.30. The fourth-order valence-electron chi connectivity index (χ4n) is 1.88. The third kappa shape index (κ3) is 4.69. The van der Waals surface area contributed by atoms with Crippen LogP contribution in [-0.2, 0) is 0 Å². The van der Waals surface area contributed by atoms with Gasteiger partial charge in [0, 0.05) is 5.02 Å². The number of carbonyl (C=O) groups is 1. The first-order valence-corrected chi connectivity index (χ1v) is 7.43. The van der Waals surface area contributed by atoms with Crippen molar-refractivity contribution in [2.24, 2.45) is 5.10 Å². The molecule has 1 N–H and O–H groups in total. The first kappa shape index (κ1) is 16.8. The number of para-hydroxylation sites is 1. The predicted octanol–water partition coefficient (Wildman–Crippen LogP) is 4.06. The van der Waals surface area contributed by atoms with E-state index < -0.39 is 0 Å². The summed E-state index contributed by atoms with van der Waals surface area (Å²) in [7, 11) is 0. The Balaban J connectivity index is 2.11. The molecular formula is C18H17ClN2O2. The van der Waals surface area contributed by atoms with E-state index in [1.54, 1.807) is 42.5 Å². The van der Waals surface area contributed by atoms with Crippen molar-refractivity contribution < 1.29 is 9.53 Å². The van der Waals surface area contributed by atoms with Gasteiger partial charge in [-0.05, 0) is 36.8 Å². The second-order valence-corrected chi connectivity index (χ2v) is 5.18. The lowest BCUT2D eigenvalue weighted by Gasteiger charge is -2.09. The molecule has 2 rings (SSSR count). The van der Waals surface area contributed by atoms with Crippen LogP contribution in [0, 0.1) is 0 Å². The van der Waals surface area contributed by atoms with Crippen LogP contribution in [0.3, 0.4) is 0 Å². The molecule has 0 atom stereocenters. The number of carbonyl (C=O) groups excluding carboxylic acids is 1. The predicted molar refractivity (Wildman–Crippen MR) is 93.3 cm³/mol. The van der Waals surface area contributed by atoms with E-state index in [1.165, 1.54) is 0 Å². The van der Waals surface area contributed by atoms with Crippen molar-refractivity contribution in [1.82, 2.24) is 5.43 Å². The molecule has 2 aromatic carbocycles. The van der Waals surface area contributed by atoms with Crippen molar-refractivity contribution in [2.45, 2.75) is 6.92 Å². The number of hydrazone groups is 1. The summed E-state index contributed by atoms with van der Waals surface area (Å²) < 4.78 is 5.47. The smallest absolute Gasteiger partial charge is 0.275 e. The second-order valence-electron chi connectivity index (χ2n) is 4.74. The lowest BCUT2D eigenvalue weighted by atomic mass is 10.1. The Labute approximate surface area is 140 Å². The number of halogens is 1. The third-order valence-corrected chi connectivity index (χ3v) is 3.33. The van der Waals surface area contributed by atoms with Gasteiger partial charge in [-0.3, -0.25) is 4.79 Å². The van der Waals surface area contributed by atoms with Crippen molar-refractivity contribution in [1.29, 1.82) is 0 Å². The summed E-state index contributed by atoms with van der Waals surface area (Å²) in [5.74, 6) is 0.155. The van der Waals surface area contributed by atoms with Crippen LogP contribution < -0.4 is 10.2 Å². The summed E-state index contributed by atoms with van der Waals surface area (Å²) in [6.45, 7) is 5.73. The molecule has 5 heteroatoms. The second kappa shape index (κ2) is 8.15. The topological polar surface area (TPSA) is 50.7 Å². The molecule has 0 saturated carbocycles. The number of amides is 1. The maximum atomic E-state index is 12.3. The van der Waals surface area contributed by atoms with Crippen LogP contribution in [0.1, 0.15) is 22.8 Å². The molecule has 0 fully saturated rings. The normalized spacial score (nSPS) is 11.0. The van der Waals surface area contributed by atoms with Gasteiger partial charge in [0.2, 0.25) is 0 Å². The zero-order valence-corrected chi connectivity index (χ0v) is 13.5. The highest BCUT2D eigenvalue weighted by atomic mass is 35.5. The Morgan fingerprint density at radius 2 is 1.96 bits per heavy atom. The van der Waals surface area contributed by atoms with E-state index in [0.29, 0.717) is 28.7 Å². The molecule has 4 nitrogen and oxygen atoms in total. The average Bonchev–Trinajstić information content (AvgIpc) is 2.58. The number of ether oxygens (including phenoxy) is 1. The lowest BCUT2D eigenvalue weighted by Crippen LogP contribution is -2.20. The number of rotatable bonds is 6. The van der Waals surface area contributed by atoms with E-state index in [0.717, 1.165) is 5.56 Å². The van der Waals surface area contributed by atoms with Gasteiger partial charge in [-0.15, -0.1) is 0 Å². The molecule has 1 amide bonds. The van der Waals surface area contributed by atoms with Gasteiger partial charge in [-0.1, -0.05) is 48.5 Å². The summed E-state index contributed by atoms with van der Waals surface area (Å²) in [6.07, 6.45) is 1.62. The number of nitrogens with one attached hydrogen (secondary N) is 1. The fourth-order valence-corrected chi connectivity index (χ4v) is 2.01. The number of hydrogen-bond acceptors (Lipinski definition) is 3. The molecule has 0 heterocycles. The van der Waals surface area contributed by atoms with Gasteiger partial charge in [-0.25, -0.2) is 5.43 Å². The molecule has 0 aliphatic rings. The largest absolute Gasteiger partial charge is 0.489 e. The van der Waals surface area contributed by atoms with Crippen molar-refractivity contribution in [2.75, 3.05) is 6.61 Å². The highest BCUT2D eigenvalue weighted by Gasteiger charge is 2.11. The molecular weight excluding hydrogens is 312 g/mol. The van der Waals surface area contributed by atoms with E-state index in [4.69, 9.17) is 16.3 Å². The Hall–Kier alpha value is -2.59. The van der Waals surface area contributed by atoms with Crippen molar-refractivity contribution in [3.8, 4) is 5.75 Å². The van der Waals surface area contributed by atoms with Crippen molar-refractivity contribution in [3.63, 3.8) is 0 Å². The molecule has 0 unspecified atom stereocenters. The minimum absolute atomic E-state index is 0.331. The summed E-state index contributed by atoms with van der Waals surface area (Å²) in [5.41, 5.74) is 4.52. The summed E-state index contributed by atoms with van der Waals surface area (Å²) in [5, 5.41) is 4.77. The first-order valence-electron chi connectivity index (χ1n) is 7.05. The SMILES string of the molecule is C=CCOc1ccccc1C(=O)N/N=C(\C)c1ccc(Cl)cc1. The Kier molecular flexibility index (Phi) is 5.94. The van der Waals surface area contributed by atoms with Crippen molar-refractivity contribution in [3.05, 3.63) is 77.3 Å². The van der Waals surface area contributed by atoms with E-state index in [1.807, 2.05) is 19.1 Å². The zero-order valence-electron chi connectivity index (χ0n) is 12.8. The van der Waals surface area contributed by atoms with Crippen LogP contribution in [0.2, 0.25) is 5.02 Å². The Morgan fingerprint density at radius 1 is 1.26 bits per heavy atom. The van der Waals surface area contributed by atoms with Gasteiger partial charge in [-0.2, -0.15) is 5.10 Å². The fraction of sp³-hybridized carbons (Fsp3) is 0.111. The Morgan fingerprint density at radius 3 is 2.65 bits per heavy atom. The summed E-state index contributed by atoms with van der Waals surface area (Å²) in [6, 6.07) is 14.2. The van der Waals surface area contributed by atoms with Gasteiger partial charge in [0.15, 0.2) is 0 Å². The van der Waals surface area contributed by atoms with Gasteiger partial charge in [0.05, 0.1) is 11.3 Å². The average molecular weight is 329 g/mol. The molecule has 0 aromatic heterocycles.